The summed E-state index contributed by atoms with van der Waals surface area (Å²) in [4.78, 5) is 0. The Balaban J connectivity index is 1.65. The summed E-state index contributed by atoms with van der Waals surface area (Å²) in [6, 6.07) is 0.377. The van der Waals surface area contributed by atoms with Gasteiger partial charge in [0.25, 0.3) is 0 Å². The fourth-order valence-electron chi connectivity index (χ4n) is 2.12. The van der Waals surface area contributed by atoms with Crippen LogP contribution < -0.4 is 5.32 Å². The Kier molecular flexibility index (Phi) is 4.47. The van der Waals surface area contributed by atoms with Crippen LogP contribution in [0.4, 0.5) is 0 Å². The second kappa shape index (κ2) is 5.64. The van der Waals surface area contributed by atoms with Crippen LogP contribution in [0.3, 0.4) is 0 Å². The monoisotopic (exact) mass is 233 g/mol. The van der Waals surface area contributed by atoms with E-state index in [1.807, 2.05) is 0 Å². The van der Waals surface area contributed by atoms with Crippen molar-refractivity contribution in [2.75, 3.05) is 23.8 Å². The third-order valence-corrected chi connectivity index (χ3v) is 5.82. The lowest BCUT2D eigenvalue weighted by Gasteiger charge is -2.24. The standard InChI is InChI=1S/C10H19NOS2/c12-10-3-1-2-9(10)11-6-8-7-13-4-5-14-8/h8-12H,1-7H2/t8?,9-,10-/m1/s1. The van der Waals surface area contributed by atoms with E-state index in [1.165, 1.54) is 23.7 Å². The molecule has 82 valence electrons. The minimum Gasteiger partial charge on any atom is -0.392 e. The molecule has 0 aromatic rings. The summed E-state index contributed by atoms with van der Waals surface area (Å²) >= 11 is 4.15. The molecule has 1 saturated heterocycles. The van der Waals surface area contributed by atoms with E-state index in [4.69, 9.17) is 0 Å². The predicted molar refractivity (Wildman–Crippen MR) is 65.2 cm³/mol. The molecule has 3 atom stereocenters. The highest BCUT2D eigenvalue weighted by Crippen LogP contribution is 2.24. The Bertz CT molecular complexity index is 174. The summed E-state index contributed by atoms with van der Waals surface area (Å²) in [5.74, 6) is 3.89. The minimum atomic E-state index is -0.0868. The van der Waals surface area contributed by atoms with Gasteiger partial charge >= 0.3 is 0 Å². The van der Waals surface area contributed by atoms with E-state index < -0.39 is 0 Å². The van der Waals surface area contributed by atoms with Crippen molar-refractivity contribution in [1.29, 1.82) is 0 Å². The van der Waals surface area contributed by atoms with Crippen molar-refractivity contribution >= 4 is 23.5 Å². The van der Waals surface area contributed by atoms with Crippen LogP contribution in [0.5, 0.6) is 0 Å². The van der Waals surface area contributed by atoms with Gasteiger partial charge in [-0.15, -0.1) is 0 Å². The van der Waals surface area contributed by atoms with Gasteiger partial charge in [-0.25, -0.2) is 0 Å². The first-order valence-corrected chi connectivity index (χ1v) is 7.67. The molecule has 0 aromatic heterocycles. The number of hydrogen-bond donors (Lipinski definition) is 2. The van der Waals surface area contributed by atoms with E-state index in [1.54, 1.807) is 0 Å². The van der Waals surface area contributed by atoms with Crippen LogP contribution in [0.1, 0.15) is 19.3 Å². The molecule has 0 bridgehead atoms. The zero-order valence-electron chi connectivity index (χ0n) is 8.45. The smallest absolute Gasteiger partial charge is 0.0693 e. The summed E-state index contributed by atoms with van der Waals surface area (Å²) < 4.78 is 0. The Morgan fingerprint density at radius 2 is 2.21 bits per heavy atom. The number of hydrogen-bond acceptors (Lipinski definition) is 4. The van der Waals surface area contributed by atoms with Crippen molar-refractivity contribution in [3.63, 3.8) is 0 Å². The average Bonchev–Trinajstić information content (AvgIpc) is 2.63. The van der Waals surface area contributed by atoms with Crippen LogP contribution in [0, 0.1) is 0 Å². The quantitative estimate of drug-likeness (QED) is 0.770. The van der Waals surface area contributed by atoms with Gasteiger partial charge in [0.2, 0.25) is 0 Å². The van der Waals surface area contributed by atoms with Gasteiger partial charge in [0, 0.05) is 35.1 Å². The molecule has 0 aromatic carbocycles. The lowest BCUT2D eigenvalue weighted by atomic mass is 10.2. The van der Waals surface area contributed by atoms with Gasteiger partial charge in [-0.05, 0) is 19.3 Å². The van der Waals surface area contributed by atoms with Gasteiger partial charge in [0.15, 0.2) is 0 Å². The van der Waals surface area contributed by atoms with E-state index in [2.05, 4.69) is 28.8 Å². The van der Waals surface area contributed by atoms with Crippen LogP contribution in [-0.4, -0.2) is 46.3 Å². The molecule has 1 saturated carbocycles. The molecule has 2 rings (SSSR count). The van der Waals surface area contributed by atoms with Crippen molar-refractivity contribution in [2.24, 2.45) is 0 Å². The van der Waals surface area contributed by atoms with Gasteiger partial charge < -0.3 is 10.4 Å². The van der Waals surface area contributed by atoms with E-state index >= 15 is 0 Å². The second-order valence-electron chi connectivity index (χ2n) is 4.08. The molecule has 2 N–H and O–H groups in total. The molecular weight excluding hydrogens is 214 g/mol. The highest BCUT2D eigenvalue weighted by Gasteiger charge is 2.25. The first-order valence-electron chi connectivity index (χ1n) is 5.47. The predicted octanol–water partition coefficient (Wildman–Crippen LogP) is 1.34. The van der Waals surface area contributed by atoms with E-state index in [9.17, 15) is 5.11 Å². The third kappa shape index (κ3) is 3.05. The molecule has 2 nitrogen and oxygen atoms in total. The van der Waals surface area contributed by atoms with Crippen LogP contribution in [0.25, 0.3) is 0 Å². The van der Waals surface area contributed by atoms with Crippen LogP contribution >= 0.6 is 23.5 Å². The summed E-state index contributed by atoms with van der Waals surface area (Å²) in [6.07, 6.45) is 3.25. The highest BCUT2D eigenvalue weighted by molar-refractivity contribution is 8.06. The zero-order valence-corrected chi connectivity index (χ0v) is 10.1. The van der Waals surface area contributed by atoms with Crippen molar-refractivity contribution in [3.8, 4) is 0 Å². The molecule has 1 heterocycles. The van der Waals surface area contributed by atoms with E-state index in [-0.39, 0.29) is 6.10 Å². The molecule has 1 aliphatic heterocycles. The van der Waals surface area contributed by atoms with Crippen molar-refractivity contribution in [2.45, 2.75) is 36.7 Å². The first-order chi connectivity index (χ1) is 6.86. The van der Waals surface area contributed by atoms with E-state index in [0.717, 1.165) is 24.6 Å². The molecule has 1 unspecified atom stereocenters. The SMILES string of the molecule is O[C@@H]1CCC[C@H]1NCC1CSCCS1. The van der Waals surface area contributed by atoms with Crippen molar-refractivity contribution in [3.05, 3.63) is 0 Å². The Morgan fingerprint density at radius 1 is 1.29 bits per heavy atom. The molecule has 0 radical (unpaired) electrons. The van der Waals surface area contributed by atoms with Gasteiger partial charge in [0.1, 0.15) is 0 Å². The molecule has 2 aliphatic rings. The first kappa shape index (κ1) is 11.1. The van der Waals surface area contributed by atoms with E-state index in [0.29, 0.717) is 6.04 Å². The second-order valence-corrected chi connectivity index (χ2v) is 6.64. The number of rotatable bonds is 3. The lowest BCUT2D eigenvalue weighted by molar-refractivity contribution is 0.150. The van der Waals surface area contributed by atoms with Crippen molar-refractivity contribution < 1.29 is 5.11 Å². The maximum atomic E-state index is 9.64. The maximum Gasteiger partial charge on any atom is 0.0693 e. The average molecular weight is 233 g/mol. The summed E-state index contributed by atoms with van der Waals surface area (Å²) in [5, 5.41) is 13.9. The minimum absolute atomic E-state index is 0.0868. The Morgan fingerprint density at radius 3 is 2.86 bits per heavy atom. The normalized spacial score (nSPS) is 38.8. The fraction of sp³-hybridized carbons (Fsp3) is 1.00. The zero-order chi connectivity index (χ0) is 9.80. The maximum absolute atomic E-state index is 9.64. The van der Waals surface area contributed by atoms with Gasteiger partial charge in [-0.1, -0.05) is 0 Å². The number of aliphatic hydroxyl groups excluding tert-OH is 1. The number of thioether (sulfide) groups is 2. The molecule has 4 heteroatoms. The molecule has 14 heavy (non-hydrogen) atoms. The van der Waals surface area contributed by atoms with Gasteiger partial charge in [-0.2, -0.15) is 23.5 Å². The molecule has 2 fully saturated rings. The van der Waals surface area contributed by atoms with Crippen LogP contribution in [0.2, 0.25) is 0 Å². The van der Waals surface area contributed by atoms with Crippen LogP contribution in [-0.2, 0) is 0 Å². The van der Waals surface area contributed by atoms with Crippen LogP contribution in [0.15, 0.2) is 0 Å². The Hall–Kier alpha value is 0.620. The molecule has 0 spiro atoms. The van der Waals surface area contributed by atoms with Gasteiger partial charge in [0.05, 0.1) is 6.10 Å². The number of aliphatic hydroxyl groups is 1. The summed E-state index contributed by atoms with van der Waals surface area (Å²) in [7, 11) is 0. The molecule has 0 amide bonds. The Labute approximate surface area is 94.6 Å². The third-order valence-electron chi connectivity index (χ3n) is 2.97. The topological polar surface area (TPSA) is 32.3 Å². The summed E-state index contributed by atoms with van der Waals surface area (Å²) in [5.41, 5.74) is 0. The molecule has 1 aliphatic carbocycles. The summed E-state index contributed by atoms with van der Waals surface area (Å²) in [6.45, 7) is 1.08. The lowest BCUT2D eigenvalue weighted by Crippen LogP contribution is -2.40. The van der Waals surface area contributed by atoms with Gasteiger partial charge in [-0.3, -0.25) is 0 Å². The molecular formula is C10H19NOS2. The largest absolute Gasteiger partial charge is 0.392 e. The fourth-order valence-corrected chi connectivity index (χ4v) is 4.74. The number of nitrogens with one attached hydrogen (secondary N) is 1. The highest BCUT2D eigenvalue weighted by atomic mass is 32.2. The van der Waals surface area contributed by atoms with Crippen molar-refractivity contribution in [1.82, 2.24) is 5.32 Å².